The average Bonchev–Trinajstić information content (AvgIpc) is 2.41. The van der Waals surface area contributed by atoms with E-state index in [2.05, 4.69) is 47.5 Å². The molecule has 0 atom stereocenters. The SMILES string of the molecule is CCc1nc(N)c(C)c(N2CCN(C(C)(C)C)CC2)n1. The molecule has 0 aromatic carbocycles. The summed E-state index contributed by atoms with van der Waals surface area (Å²) >= 11 is 0. The standard InChI is InChI=1S/C15H27N5/c1-6-12-17-13(16)11(2)14(18-12)19-7-9-20(10-8-19)15(3,4)5/h6-10H2,1-5H3,(H2,16,17,18). The summed E-state index contributed by atoms with van der Waals surface area (Å²) in [5.41, 5.74) is 7.25. The van der Waals surface area contributed by atoms with E-state index >= 15 is 0 Å². The zero-order valence-electron chi connectivity index (χ0n) is 13.4. The number of hydrogen-bond donors (Lipinski definition) is 1. The van der Waals surface area contributed by atoms with E-state index in [0.717, 1.165) is 49.8 Å². The van der Waals surface area contributed by atoms with E-state index in [1.54, 1.807) is 0 Å². The van der Waals surface area contributed by atoms with Crippen LogP contribution in [0.4, 0.5) is 11.6 Å². The summed E-state index contributed by atoms with van der Waals surface area (Å²) in [6, 6.07) is 0. The molecule has 1 aromatic heterocycles. The highest BCUT2D eigenvalue weighted by atomic mass is 15.3. The van der Waals surface area contributed by atoms with E-state index in [1.165, 1.54) is 0 Å². The van der Waals surface area contributed by atoms with Crippen LogP contribution in [-0.4, -0.2) is 46.6 Å². The highest BCUT2D eigenvalue weighted by Crippen LogP contribution is 2.24. The van der Waals surface area contributed by atoms with Gasteiger partial charge >= 0.3 is 0 Å². The van der Waals surface area contributed by atoms with Gasteiger partial charge in [0.2, 0.25) is 0 Å². The average molecular weight is 277 g/mol. The molecule has 0 saturated carbocycles. The molecule has 0 aliphatic carbocycles. The Labute approximate surface area is 122 Å². The van der Waals surface area contributed by atoms with Crippen LogP contribution in [0.25, 0.3) is 0 Å². The van der Waals surface area contributed by atoms with Crippen LogP contribution < -0.4 is 10.6 Å². The minimum atomic E-state index is 0.237. The monoisotopic (exact) mass is 277 g/mol. The number of nitrogens with two attached hydrogens (primary N) is 1. The highest BCUT2D eigenvalue weighted by Gasteiger charge is 2.27. The van der Waals surface area contributed by atoms with Gasteiger partial charge < -0.3 is 10.6 Å². The third kappa shape index (κ3) is 3.03. The van der Waals surface area contributed by atoms with Gasteiger partial charge in [-0.15, -0.1) is 0 Å². The number of aromatic nitrogens is 2. The largest absolute Gasteiger partial charge is 0.383 e. The van der Waals surface area contributed by atoms with E-state index in [1.807, 2.05) is 6.92 Å². The fourth-order valence-corrected chi connectivity index (χ4v) is 2.62. The molecule has 1 aromatic rings. The Morgan fingerprint density at radius 2 is 1.70 bits per heavy atom. The number of rotatable bonds is 2. The van der Waals surface area contributed by atoms with Crippen molar-refractivity contribution in [3.63, 3.8) is 0 Å². The van der Waals surface area contributed by atoms with Crippen molar-refractivity contribution in [2.45, 2.75) is 46.6 Å². The second kappa shape index (κ2) is 5.56. The smallest absolute Gasteiger partial charge is 0.137 e. The number of nitrogen functional groups attached to an aromatic ring is 1. The maximum Gasteiger partial charge on any atom is 0.137 e. The first-order chi connectivity index (χ1) is 9.32. The molecule has 0 unspecified atom stereocenters. The van der Waals surface area contributed by atoms with Crippen LogP contribution in [0.15, 0.2) is 0 Å². The maximum absolute atomic E-state index is 6.01. The Hall–Kier alpha value is -1.36. The first-order valence-electron chi connectivity index (χ1n) is 7.46. The predicted molar refractivity (Wildman–Crippen MR) is 84.1 cm³/mol. The lowest BCUT2D eigenvalue weighted by Gasteiger charge is -2.43. The van der Waals surface area contributed by atoms with Crippen LogP contribution in [-0.2, 0) is 6.42 Å². The van der Waals surface area contributed by atoms with Crippen molar-refractivity contribution < 1.29 is 0 Å². The molecule has 5 nitrogen and oxygen atoms in total. The van der Waals surface area contributed by atoms with E-state index in [4.69, 9.17) is 5.73 Å². The maximum atomic E-state index is 6.01. The quantitative estimate of drug-likeness (QED) is 0.894. The molecule has 1 saturated heterocycles. The summed E-state index contributed by atoms with van der Waals surface area (Å²) in [5, 5.41) is 0. The Morgan fingerprint density at radius 1 is 1.10 bits per heavy atom. The van der Waals surface area contributed by atoms with Gasteiger partial charge in [-0.3, -0.25) is 4.90 Å². The van der Waals surface area contributed by atoms with Gasteiger partial charge in [0, 0.05) is 43.7 Å². The molecule has 2 heterocycles. The summed E-state index contributed by atoms with van der Waals surface area (Å²) in [6.07, 6.45) is 0.819. The van der Waals surface area contributed by atoms with E-state index in [0.29, 0.717) is 5.82 Å². The minimum absolute atomic E-state index is 0.237. The molecule has 112 valence electrons. The molecule has 1 aliphatic heterocycles. The fraction of sp³-hybridized carbons (Fsp3) is 0.733. The second-order valence-corrected chi connectivity index (χ2v) is 6.47. The molecule has 1 aliphatic rings. The number of hydrogen-bond acceptors (Lipinski definition) is 5. The van der Waals surface area contributed by atoms with Gasteiger partial charge in [0.25, 0.3) is 0 Å². The van der Waals surface area contributed by atoms with Gasteiger partial charge in [-0.1, -0.05) is 6.92 Å². The van der Waals surface area contributed by atoms with Gasteiger partial charge in [-0.2, -0.15) is 0 Å². The van der Waals surface area contributed by atoms with E-state index in [9.17, 15) is 0 Å². The van der Waals surface area contributed by atoms with Crippen molar-refractivity contribution in [1.82, 2.24) is 14.9 Å². The third-order valence-electron chi connectivity index (χ3n) is 4.05. The van der Waals surface area contributed by atoms with Crippen molar-refractivity contribution in [3.8, 4) is 0 Å². The molecule has 1 fully saturated rings. The number of nitrogens with zero attached hydrogens (tertiary/aromatic N) is 4. The van der Waals surface area contributed by atoms with Crippen LogP contribution >= 0.6 is 0 Å². The number of piperazine rings is 1. The molecule has 0 spiro atoms. The molecule has 0 bridgehead atoms. The summed E-state index contributed by atoms with van der Waals surface area (Å²) in [6.45, 7) is 15.0. The Bertz CT molecular complexity index is 470. The minimum Gasteiger partial charge on any atom is -0.383 e. The molecule has 5 heteroatoms. The molecule has 0 radical (unpaired) electrons. The van der Waals surface area contributed by atoms with Crippen LogP contribution in [0.5, 0.6) is 0 Å². The predicted octanol–water partition coefficient (Wildman–Crippen LogP) is 1.85. The molecule has 0 amide bonds. The van der Waals surface area contributed by atoms with Crippen molar-refractivity contribution in [2.24, 2.45) is 0 Å². The van der Waals surface area contributed by atoms with Crippen LogP contribution in [0, 0.1) is 6.92 Å². The Kier molecular flexibility index (Phi) is 4.18. The first kappa shape index (κ1) is 15.0. The third-order valence-corrected chi connectivity index (χ3v) is 4.05. The lowest BCUT2D eigenvalue weighted by molar-refractivity contribution is 0.128. The summed E-state index contributed by atoms with van der Waals surface area (Å²) in [7, 11) is 0. The summed E-state index contributed by atoms with van der Waals surface area (Å²) in [5.74, 6) is 2.47. The Morgan fingerprint density at radius 3 is 2.20 bits per heavy atom. The zero-order valence-corrected chi connectivity index (χ0v) is 13.4. The van der Waals surface area contributed by atoms with Gasteiger partial charge in [-0.05, 0) is 27.7 Å². The number of aryl methyl sites for hydroxylation is 1. The Balaban J connectivity index is 2.16. The molecule has 2 N–H and O–H groups in total. The molecule has 20 heavy (non-hydrogen) atoms. The van der Waals surface area contributed by atoms with Crippen molar-refractivity contribution in [2.75, 3.05) is 36.8 Å². The topological polar surface area (TPSA) is 58.3 Å². The van der Waals surface area contributed by atoms with Crippen molar-refractivity contribution in [3.05, 3.63) is 11.4 Å². The summed E-state index contributed by atoms with van der Waals surface area (Å²) in [4.78, 5) is 13.9. The van der Waals surface area contributed by atoms with E-state index in [-0.39, 0.29) is 5.54 Å². The van der Waals surface area contributed by atoms with Gasteiger partial charge in [0.05, 0.1) is 0 Å². The lowest BCUT2D eigenvalue weighted by atomic mass is 10.0. The fourth-order valence-electron chi connectivity index (χ4n) is 2.62. The van der Waals surface area contributed by atoms with Crippen LogP contribution in [0.2, 0.25) is 0 Å². The number of anilines is 2. The first-order valence-corrected chi connectivity index (χ1v) is 7.46. The zero-order chi connectivity index (χ0) is 14.9. The molecule has 2 rings (SSSR count). The molecular weight excluding hydrogens is 250 g/mol. The lowest BCUT2D eigenvalue weighted by Crippen LogP contribution is -2.53. The van der Waals surface area contributed by atoms with E-state index < -0.39 is 0 Å². The van der Waals surface area contributed by atoms with Crippen molar-refractivity contribution in [1.29, 1.82) is 0 Å². The van der Waals surface area contributed by atoms with Crippen LogP contribution in [0.3, 0.4) is 0 Å². The van der Waals surface area contributed by atoms with Gasteiger partial charge in [-0.25, -0.2) is 9.97 Å². The van der Waals surface area contributed by atoms with Gasteiger partial charge in [0.15, 0.2) is 0 Å². The second-order valence-electron chi connectivity index (χ2n) is 6.47. The molecular formula is C15H27N5. The van der Waals surface area contributed by atoms with Crippen molar-refractivity contribution >= 4 is 11.6 Å². The van der Waals surface area contributed by atoms with Gasteiger partial charge in [0.1, 0.15) is 17.5 Å². The normalized spacial score (nSPS) is 17.6. The summed E-state index contributed by atoms with van der Waals surface area (Å²) < 4.78 is 0. The van der Waals surface area contributed by atoms with Crippen LogP contribution in [0.1, 0.15) is 39.1 Å². The highest BCUT2D eigenvalue weighted by molar-refractivity contribution is 5.56.